The highest BCUT2D eigenvalue weighted by molar-refractivity contribution is 6.39. The van der Waals surface area contributed by atoms with E-state index in [4.69, 9.17) is 32.8 Å². The number of hydrogen-bond donors (Lipinski definition) is 1. The van der Waals surface area contributed by atoms with Crippen LogP contribution in [0, 0.1) is 5.92 Å². The molecule has 0 bridgehead atoms. The van der Waals surface area contributed by atoms with Gasteiger partial charge in [-0.25, -0.2) is 4.79 Å². The lowest BCUT2D eigenvalue weighted by atomic mass is 9.88. The van der Waals surface area contributed by atoms with Crippen LogP contribution >= 0.6 is 23.2 Å². The van der Waals surface area contributed by atoms with Gasteiger partial charge in [-0.1, -0.05) is 40.0 Å². The molecule has 1 N–H and O–H groups in total. The lowest BCUT2D eigenvalue weighted by Crippen LogP contribution is -2.37. The number of carboxylic acid groups (broad SMARTS) is 1. The highest BCUT2D eigenvalue weighted by atomic mass is 35.5. The Morgan fingerprint density at radius 3 is 2.43 bits per heavy atom. The summed E-state index contributed by atoms with van der Waals surface area (Å²) < 4.78 is 5.72. The van der Waals surface area contributed by atoms with E-state index < -0.39 is 6.09 Å². The first-order chi connectivity index (χ1) is 13.5. The second-order valence-electron chi connectivity index (χ2n) is 7.61. The third-order valence-electron chi connectivity index (χ3n) is 5.69. The van der Waals surface area contributed by atoms with Gasteiger partial charge in [0.2, 0.25) is 0 Å². The van der Waals surface area contributed by atoms with E-state index >= 15 is 0 Å². The van der Waals surface area contributed by atoms with Crippen molar-refractivity contribution in [1.29, 1.82) is 0 Å². The molecule has 0 atom stereocenters. The van der Waals surface area contributed by atoms with Crippen LogP contribution in [0.4, 0.5) is 4.79 Å². The molecule has 1 aromatic carbocycles. The summed E-state index contributed by atoms with van der Waals surface area (Å²) in [5, 5.41) is 14.6. The molecule has 0 spiro atoms. The number of aromatic nitrogens is 1. The van der Waals surface area contributed by atoms with Crippen LogP contribution in [0.1, 0.15) is 49.8 Å². The third kappa shape index (κ3) is 3.78. The predicted molar refractivity (Wildman–Crippen MR) is 110 cm³/mol. The number of allylic oxidation sites excluding steroid dienone is 1. The smallest absolute Gasteiger partial charge is 0.407 e. The average molecular weight is 421 g/mol. The Morgan fingerprint density at radius 1 is 1.21 bits per heavy atom. The Labute approximate surface area is 173 Å². The van der Waals surface area contributed by atoms with Gasteiger partial charge in [0.15, 0.2) is 0 Å². The van der Waals surface area contributed by atoms with Crippen molar-refractivity contribution in [2.45, 2.75) is 38.5 Å². The van der Waals surface area contributed by atoms with E-state index in [0.29, 0.717) is 46.2 Å². The SMILES string of the molecule is C/C(=C\c1c(-c2c(Cl)cccc2Cl)noc1C1CC1)C1CCN(C(=O)O)CC1. The quantitative estimate of drug-likeness (QED) is 0.628. The summed E-state index contributed by atoms with van der Waals surface area (Å²) in [6.45, 7) is 3.23. The molecule has 28 heavy (non-hydrogen) atoms. The number of piperidine rings is 1. The number of likely N-dealkylation sites (tertiary alicyclic amines) is 1. The number of nitrogens with zero attached hydrogens (tertiary/aromatic N) is 2. The molecule has 2 aromatic rings. The molecule has 2 fully saturated rings. The Hall–Kier alpha value is -1.98. The van der Waals surface area contributed by atoms with Gasteiger partial charge in [0.05, 0.1) is 10.0 Å². The van der Waals surface area contributed by atoms with Crippen molar-refractivity contribution in [3.8, 4) is 11.3 Å². The largest absolute Gasteiger partial charge is 0.465 e. The Balaban J connectivity index is 1.68. The van der Waals surface area contributed by atoms with Crippen LogP contribution in [-0.2, 0) is 0 Å². The van der Waals surface area contributed by atoms with Crippen LogP contribution < -0.4 is 0 Å². The van der Waals surface area contributed by atoms with E-state index in [1.54, 1.807) is 12.1 Å². The molecule has 148 valence electrons. The zero-order chi connectivity index (χ0) is 19.8. The van der Waals surface area contributed by atoms with Crippen LogP contribution in [-0.4, -0.2) is 34.3 Å². The standard InChI is InChI=1S/C21H22Cl2N2O3/c1-12(13-7-9-25(10-8-13)21(26)27)11-15-19(24-28-20(15)14-5-6-14)18-16(22)3-2-4-17(18)23/h2-4,11,13-14H,5-10H2,1H3,(H,26,27)/b12-11+. The fraction of sp³-hybridized carbons (Fsp3) is 0.429. The van der Waals surface area contributed by atoms with Gasteiger partial charge in [0, 0.05) is 30.1 Å². The Bertz CT molecular complexity index is 905. The second-order valence-corrected chi connectivity index (χ2v) is 8.43. The summed E-state index contributed by atoms with van der Waals surface area (Å²) in [5.74, 6) is 1.64. The molecule has 4 rings (SSSR count). The fourth-order valence-electron chi connectivity index (χ4n) is 3.87. The van der Waals surface area contributed by atoms with Crippen molar-refractivity contribution in [3.63, 3.8) is 0 Å². The van der Waals surface area contributed by atoms with E-state index in [1.807, 2.05) is 6.07 Å². The summed E-state index contributed by atoms with van der Waals surface area (Å²) in [6, 6.07) is 5.42. The molecule has 1 saturated heterocycles. The highest BCUT2D eigenvalue weighted by Gasteiger charge is 2.33. The monoisotopic (exact) mass is 420 g/mol. The van der Waals surface area contributed by atoms with E-state index in [0.717, 1.165) is 37.0 Å². The molecule has 1 aliphatic carbocycles. The number of halogens is 2. The molecule has 1 aromatic heterocycles. The maximum absolute atomic E-state index is 11.1. The van der Waals surface area contributed by atoms with Crippen molar-refractivity contribution in [2.24, 2.45) is 5.92 Å². The highest BCUT2D eigenvalue weighted by Crippen LogP contribution is 2.46. The molecule has 1 aliphatic heterocycles. The van der Waals surface area contributed by atoms with Crippen LogP contribution in [0.5, 0.6) is 0 Å². The molecular weight excluding hydrogens is 399 g/mol. The topological polar surface area (TPSA) is 66.6 Å². The summed E-state index contributed by atoms with van der Waals surface area (Å²) in [6.07, 6.45) is 5.14. The Morgan fingerprint density at radius 2 is 1.86 bits per heavy atom. The fourth-order valence-corrected chi connectivity index (χ4v) is 4.44. The molecule has 2 aliphatic rings. The lowest BCUT2D eigenvalue weighted by molar-refractivity contribution is 0.128. The molecule has 2 heterocycles. The Kier molecular flexibility index (Phi) is 5.39. The van der Waals surface area contributed by atoms with Crippen molar-refractivity contribution in [2.75, 3.05) is 13.1 Å². The molecule has 0 radical (unpaired) electrons. The van der Waals surface area contributed by atoms with Gasteiger partial charge >= 0.3 is 6.09 Å². The van der Waals surface area contributed by atoms with E-state index in [2.05, 4.69) is 18.2 Å². The molecule has 7 heteroatoms. The maximum atomic E-state index is 11.1. The molecule has 1 amide bonds. The minimum absolute atomic E-state index is 0.340. The van der Waals surface area contributed by atoms with Gasteiger partial charge in [0.25, 0.3) is 0 Å². The van der Waals surface area contributed by atoms with Crippen LogP contribution in [0.2, 0.25) is 10.0 Å². The van der Waals surface area contributed by atoms with Crippen molar-refractivity contribution in [3.05, 3.63) is 45.1 Å². The molecule has 1 saturated carbocycles. The normalized spacial score (nSPS) is 18.5. The summed E-state index contributed by atoms with van der Waals surface area (Å²) >= 11 is 12.8. The van der Waals surface area contributed by atoms with Crippen LogP contribution in [0.15, 0.2) is 28.3 Å². The first-order valence-electron chi connectivity index (χ1n) is 9.55. The third-order valence-corrected chi connectivity index (χ3v) is 6.31. The van der Waals surface area contributed by atoms with E-state index in [1.165, 1.54) is 10.5 Å². The minimum Gasteiger partial charge on any atom is -0.465 e. The molecule has 5 nitrogen and oxygen atoms in total. The molecular formula is C21H22Cl2N2O3. The van der Waals surface area contributed by atoms with E-state index in [9.17, 15) is 4.79 Å². The van der Waals surface area contributed by atoms with E-state index in [-0.39, 0.29) is 0 Å². The number of amides is 1. The van der Waals surface area contributed by atoms with Crippen molar-refractivity contribution in [1.82, 2.24) is 10.1 Å². The van der Waals surface area contributed by atoms with Crippen molar-refractivity contribution < 1.29 is 14.4 Å². The lowest BCUT2D eigenvalue weighted by Gasteiger charge is -2.30. The van der Waals surface area contributed by atoms with Gasteiger partial charge in [-0.05, 0) is 56.7 Å². The number of hydrogen-bond acceptors (Lipinski definition) is 3. The van der Waals surface area contributed by atoms with Gasteiger partial charge in [0.1, 0.15) is 11.5 Å². The van der Waals surface area contributed by atoms with Gasteiger partial charge in [-0.2, -0.15) is 0 Å². The predicted octanol–water partition coefficient (Wildman–Crippen LogP) is 6.32. The van der Waals surface area contributed by atoms with Gasteiger partial charge in [-0.15, -0.1) is 0 Å². The molecule has 0 unspecified atom stereocenters. The minimum atomic E-state index is -0.842. The summed E-state index contributed by atoms with van der Waals surface area (Å²) in [7, 11) is 0. The zero-order valence-electron chi connectivity index (χ0n) is 15.6. The summed E-state index contributed by atoms with van der Waals surface area (Å²) in [5.41, 5.74) is 3.54. The maximum Gasteiger partial charge on any atom is 0.407 e. The second kappa shape index (κ2) is 7.80. The number of carbonyl (C=O) groups is 1. The van der Waals surface area contributed by atoms with Crippen molar-refractivity contribution >= 4 is 35.4 Å². The van der Waals surface area contributed by atoms with Gasteiger partial charge < -0.3 is 14.5 Å². The summed E-state index contributed by atoms with van der Waals surface area (Å²) in [4.78, 5) is 12.6. The number of rotatable bonds is 4. The van der Waals surface area contributed by atoms with Gasteiger partial charge in [-0.3, -0.25) is 0 Å². The van der Waals surface area contributed by atoms with Crippen LogP contribution in [0.25, 0.3) is 17.3 Å². The zero-order valence-corrected chi connectivity index (χ0v) is 17.1. The number of benzene rings is 1. The first kappa shape index (κ1) is 19.3. The first-order valence-corrected chi connectivity index (χ1v) is 10.3. The van der Waals surface area contributed by atoms with Crippen LogP contribution in [0.3, 0.4) is 0 Å². The average Bonchev–Trinajstić information content (AvgIpc) is 3.44.